The van der Waals surface area contributed by atoms with Crippen molar-refractivity contribution in [2.75, 3.05) is 27.2 Å². The number of carbonyl (C=O) groups excluding carboxylic acids is 1. The lowest BCUT2D eigenvalue weighted by atomic mass is 9.92. The Bertz CT molecular complexity index is 310. The lowest BCUT2D eigenvalue weighted by Gasteiger charge is -2.23. The Balaban J connectivity index is -0.0000000317. The summed E-state index contributed by atoms with van der Waals surface area (Å²) in [5.41, 5.74) is 0. The minimum atomic E-state index is -0.195. The number of rotatable bonds is 5. The molecule has 1 fully saturated rings. The summed E-state index contributed by atoms with van der Waals surface area (Å²) in [7, 11) is 4.72. The monoisotopic (exact) mass is 458 g/mol. The molecule has 1 N–H and O–H groups in total. The van der Waals surface area contributed by atoms with E-state index in [1.165, 1.54) is 37.3 Å². The number of esters is 1. The van der Waals surface area contributed by atoms with Gasteiger partial charge in [0, 0.05) is 18.8 Å². The summed E-state index contributed by atoms with van der Waals surface area (Å²) in [4.78, 5) is 10.2. The number of aliphatic hydroxyl groups is 1. The summed E-state index contributed by atoms with van der Waals surface area (Å²) >= 11 is 0. The molecule has 4 atom stereocenters. The minimum absolute atomic E-state index is 0. The van der Waals surface area contributed by atoms with E-state index in [4.69, 9.17) is 9.84 Å². The van der Waals surface area contributed by atoms with E-state index >= 15 is 0 Å². The maximum absolute atomic E-state index is 10.2. The molecule has 202 valence electrons. The van der Waals surface area contributed by atoms with Gasteiger partial charge in [0.2, 0.25) is 0 Å². The Morgan fingerprint density at radius 2 is 1.16 bits per heavy atom. The molecule has 0 spiro atoms. The summed E-state index contributed by atoms with van der Waals surface area (Å²) < 4.78 is 6.01. The van der Waals surface area contributed by atoms with Crippen LogP contribution in [0.25, 0.3) is 0 Å². The number of carbonyl (C=O) groups is 1. The van der Waals surface area contributed by atoms with Crippen LogP contribution in [-0.4, -0.2) is 63.4 Å². The molecule has 31 heavy (non-hydrogen) atoms. The average Bonchev–Trinajstić information content (AvgIpc) is 2.82. The van der Waals surface area contributed by atoms with Crippen molar-refractivity contribution in [1.29, 1.82) is 0 Å². The molecule has 4 unspecified atom stereocenters. The maximum Gasteiger partial charge on any atom is 0.302 e. The zero-order chi connectivity index (χ0) is 19.3. The smallest absolute Gasteiger partial charge is 0.302 e. The lowest BCUT2D eigenvalue weighted by Crippen LogP contribution is -2.36. The Morgan fingerprint density at radius 3 is 1.29 bits per heavy atom. The number of quaternary nitrogens is 1. The molecule has 0 aliphatic carbocycles. The van der Waals surface area contributed by atoms with Gasteiger partial charge < -0.3 is 14.3 Å². The summed E-state index contributed by atoms with van der Waals surface area (Å²) in [6.45, 7) is 16.5. The van der Waals surface area contributed by atoms with Crippen molar-refractivity contribution in [2.24, 2.45) is 11.8 Å². The summed E-state index contributed by atoms with van der Waals surface area (Å²) in [5, 5.41) is 8.36. The molecule has 1 rings (SSSR count). The van der Waals surface area contributed by atoms with E-state index in [-0.39, 0.29) is 71.2 Å². The third-order valence-corrected chi connectivity index (χ3v) is 4.71. The van der Waals surface area contributed by atoms with Gasteiger partial charge in [-0.25, -0.2) is 0 Å². The molecule has 0 bridgehead atoms. The fraction of sp³-hybridized carbons (Fsp3) is 0.962. The van der Waals surface area contributed by atoms with Crippen LogP contribution in [-0.2, 0) is 9.53 Å². The standard InChI is InChI=1S/C10H22N.C6H12O2.C4H10O.6CH4.BH4/c1-5-9-7-11(3,4)8-10(9)6-2;1-4-5(2)8-6(3)7;1-3-4(2)5;;;;;;;/h9-10H,5-8H2,1-4H3;5H,4H2,1-3H3;4-5H,3H2,1-2H3;7*1H4/q+1;;;;;;;;;-1. The largest absolute Gasteiger partial charge is 0.463 e. The van der Waals surface area contributed by atoms with Gasteiger partial charge in [-0.15, -0.1) is 0 Å². The summed E-state index contributed by atoms with van der Waals surface area (Å²) in [6.07, 6.45) is 4.46. The highest BCUT2D eigenvalue weighted by Gasteiger charge is 2.37. The van der Waals surface area contributed by atoms with E-state index in [2.05, 4.69) is 27.9 Å². The van der Waals surface area contributed by atoms with E-state index in [9.17, 15) is 4.79 Å². The Hall–Kier alpha value is -0.545. The van der Waals surface area contributed by atoms with Gasteiger partial charge in [-0.2, -0.15) is 0 Å². The normalized spacial score (nSPS) is 18.5. The first-order valence-electron chi connectivity index (χ1n) is 9.69. The van der Waals surface area contributed by atoms with E-state index < -0.39 is 0 Å². The van der Waals surface area contributed by atoms with Crippen LogP contribution in [0.4, 0.5) is 0 Å². The van der Waals surface area contributed by atoms with Gasteiger partial charge >= 0.3 is 5.97 Å². The molecule has 1 aliphatic heterocycles. The van der Waals surface area contributed by atoms with Gasteiger partial charge in [0.15, 0.2) is 0 Å². The molecule has 0 aromatic carbocycles. The molecule has 0 saturated carbocycles. The van der Waals surface area contributed by atoms with Crippen LogP contribution in [0.2, 0.25) is 0 Å². The topological polar surface area (TPSA) is 46.5 Å². The number of hydrogen-bond acceptors (Lipinski definition) is 3. The Labute approximate surface area is 203 Å². The molecule has 0 amide bonds. The van der Waals surface area contributed by atoms with Crippen molar-refractivity contribution in [3.63, 3.8) is 0 Å². The lowest BCUT2D eigenvalue weighted by molar-refractivity contribution is -0.880. The van der Waals surface area contributed by atoms with Crippen LogP contribution in [0, 0.1) is 11.8 Å². The number of hydrogen-bond donors (Lipinski definition) is 1. The van der Waals surface area contributed by atoms with E-state index in [1.54, 1.807) is 6.92 Å². The zero-order valence-electron chi connectivity index (χ0n) is 17.8. The molecule has 4 nitrogen and oxygen atoms in total. The molecule has 0 aromatic heterocycles. The van der Waals surface area contributed by atoms with Crippen LogP contribution in [0.3, 0.4) is 0 Å². The first kappa shape index (κ1) is 57.4. The molecular weight excluding hydrogens is 385 g/mol. The first-order valence-corrected chi connectivity index (χ1v) is 9.69. The number of nitrogens with zero attached hydrogens (tertiary/aromatic N) is 1. The van der Waals surface area contributed by atoms with Crippen LogP contribution in [0.1, 0.15) is 119 Å². The van der Waals surface area contributed by atoms with Gasteiger partial charge in [-0.05, 0) is 39.5 Å². The molecule has 0 radical (unpaired) electrons. The first-order chi connectivity index (χ1) is 11.0. The second-order valence-electron chi connectivity index (χ2n) is 7.72. The fourth-order valence-corrected chi connectivity index (χ4v) is 2.93. The third kappa shape index (κ3) is 34.3. The highest BCUT2D eigenvalue weighted by molar-refractivity contribution is 5.75. The molecule has 1 aliphatic rings. The van der Waals surface area contributed by atoms with Gasteiger partial charge in [-0.1, -0.05) is 80.7 Å². The van der Waals surface area contributed by atoms with Crippen LogP contribution in [0.15, 0.2) is 0 Å². The predicted molar refractivity (Wildman–Crippen MR) is 155 cm³/mol. The number of aliphatic hydroxyl groups excluding tert-OH is 1. The molecule has 1 saturated heterocycles. The van der Waals surface area contributed by atoms with Gasteiger partial charge in [0.25, 0.3) is 0 Å². The Morgan fingerprint density at radius 1 is 0.871 bits per heavy atom. The number of likely N-dealkylation sites (tertiary alicyclic amines) is 1. The molecule has 1 heterocycles. The molecule has 5 heteroatoms. The van der Waals surface area contributed by atoms with E-state index in [1.807, 2.05) is 20.8 Å². The third-order valence-electron chi connectivity index (χ3n) is 4.71. The predicted octanol–water partition coefficient (Wildman–Crippen LogP) is 6.62. The van der Waals surface area contributed by atoms with Crippen LogP contribution in [0.5, 0.6) is 0 Å². The van der Waals surface area contributed by atoms with Crippen molar-refractivity contribution in [1.82, 2.24) is 0 Å². The van der Waals surface area contributed by atoms with Crippen molar-refractivity contribution >= 4 is 14.4 Å². The molecular formula is C26H72BNO3. The minimum Gasteiger partial charge on any atom is -0.463 e. The summed E-state index contributed by atoms with van der Waals surface area (Å²) in [5.74, 6) is 1.80. The fourth-order valence-electron chi connectivity index (χ4n) is 2.93. The summed E-state index contributed by atoms with van der Waals surface area (Å²) in [6, 6.07) is 0. The van der Waals surface area contributed by atoms with Gasteiger partial charge in [0.1, 0.15) is 0 Å². The highest BCUT2D eigenvalue weighted by atomic mass is 16.5. The molecule has 0 aromatic rings. The van der Waals surface area contributed by atoms with Crippen molar-refractivity contribution in [3.8, 4) is 0 Å². The quantitative estimate of drug-likeness (QED) is 0.287. The van der Waals surface area contributed by atoms with Crippen molar-refractivity contribution < 1.29 is 19.1 Å². The van der Waals surface area contributed by atoms with Gasteiger partial charge in [0.05, 0.1) is 39.4 Å². The van der Waals surface area contributed by atoms with E-state index in [0.717, 1.165) is 24.7 Å². The van der Waals surface area contributed by atoms with Crippen LogP contribution >= 0.6 is 0 Å². The SMILES string of the molecule is C.C.C.C.C.C.CCC(C)O.CCC(C)OC(C)=O.CCC1C[N+](C)(C)CC1CC.[BH4-]. The van der Waals surface area contributed by atoms with Crippen molar-refractivity contribution in [2.45, 2.75) is 131 Å². The van der Waals surface area contributed by atoms with Gasteiger partial charge in [-0.3, -0.25) is 4.79 Å². The van der Waals surface area contributed by atoms with E-state index in [0.29, 0.717) is 0 Å². The zero-order valence-corrected chi connectivity index (χ0v) is 17.8. The maximum atomic E-state index is 10.2. The highest BCUT2D eigenvalue weighted by Crippen LogP contribution is 2.30. The second-order valence-corrected chi connectivity index (χ2v) is 7.72. The second kappa shape index (κ2) is 31.6. The van der Waals surface area contributed by atoms with Crippen molar-refractivity contribution in [3.05, 3.63) is 0 Å². The Kier molecular flexibility index (Phi) is 58.6. The van der Waals surface area contributed by atoms with Crippen LogP contribution < -0.4 is 0 Å². The average molecular weight is 458 g/mol. The number of ether oxygens (including phenoxy) is 1.